The van der Waals surface area contributed by atoms with Crippen LogP contribution in [-0.4, -0.2) is 24.6 Å². The highest BCUT2D eigenvalue weighted by Gasteiger charge is 2.16. The molecule has 2 rings (SSSR count). The Morgan fingerprint density at radius 1 is 1.28 bits per heavy atom. The molecule has 1 aliphatic heterocycles. The van der Waals surface area contributed by atoms with Gasteiger partial charge >= 0.3 is 0 Å². The SMILES string of the molecule is CCC(CC)CNc1cccnc1N1CCCC1. The first-order valence-corrected chi connectivity index (χ1v) is 7.29. The number of rotatable bonds is 6. The summed E-state index contributed by atoms with van der Waals surface area (Å²) in [6, 6.07) is 4.18. The Bertz CT molecular complexity index is 355. The van der Waals surface area contributed by atoms with Crippen LogP contribution in [0.2, 0.25) is 0 Å². The Labute approximate surface area is 111 Å². The lowest BCUT2D eigenvalue weighted by atomic mass is 10.0. The number of hydrogen-bond acceptors (Lipinski definition) is 3. The van der Waals surface area contributed by atoms with Crippen LogP contribution in [0.15, 0.2) is 18.3 Å². The second kappa shape index (κ2) is 6.62. The third kappa shape index (κ3) is 3.15. The van der Waals surface area contributed by atoms with E-state index in [2.05, 4.69) is 35.1 Å². The summed E-state index contributed by atoms with van der Waals surface area (Å²) in [5.74, 6) is 1.90. The van der Waals surface area contributed by atoms with E-state index in [0.29, 0.717) is 0 Å². The molecule has 0 saturated carbocycles. The van der Waals surface area contributed by atoms with Gasteiger partial charge in [-0.3, -0.25) is 0 Å². The zero-order valence-electron chi connectivity index (χ0n) is 11.7. The first-order chi connectivity index (χ1) is 8.85. The molecule has 1 aromatic heterocycles. The minimum Gasteiger partial charge on any atom is -0.382 e. The summed E-state index contributed by atoms with van der Waals surface area (Å²) >= 11 is 0. The lowest BCUT2D eigenvalue weighted by Crippen LogP contribution is -2.22. The minimum absolute atomic E-state index is 0.761. The highest BCUT2D eigenvalue weighted by Crippen LogP contribution is 2.26. The van der Waals surface area contributed by atoms with Gasteiger partial charge in [-0.2, -0.15) is 0 Å². The van der Waals surface area contributed by atoms with Gasteiger partial charge in [0, 0.05) is 25.8 Å². The van der Waals surface area contributed by atoms with Crippen molar-refractivity contribution in [2.24, 2.45) is 5.92 Å². The van der Waals surface area contributed by atoms with Crippen LogP contribution in [-0.2, 0) is 0 Å². The lowest BCUT2D eigenvalue weighted by Gasteiger charge is -2.22. The Hall–Kier alpha value is -1.25. The molecule has 1 aliphatic rings. The van der Waals surface area contributed by atoms with Gasteiger partial charge < -0.3 is 10.2 Å². The predicted molar refractivity (Wildman–Crippen MR) is 78.2 cm³/mol. The molecule has 100 valence electrons. The minimum atomic E-state index is 0.761. The molecule has 3 nitrogen and oxygen atoms in total. The van der Waals surface area contributed by atoms with Gasteiger partial charge in [-0.1, -0.05) is 26.7 Å². The average Bonchev–Trinajstić information content (AvgIpc) is 2.94. The molecule has 0 radical (unpaired) electrons. The molecule has 2 heterocycles. The van der Waals surface area contributed by atoms with Gasteiger partial charge in [0.25, 0.3) is 0 Å². The molecule has 0 atom stereocenters. The van der Waals surface area contributed by atoms with Crippen molar-refractivity contribution in [3.63, 3.8) is 0 Å². The summed E-state index contributed by atoms with van der Waals surface area (Å²) in [6.07, 6.45) is 6.96. The molecule has 1 N–H and O–H groups in total. The Morgan fingerprint density at radius 3 is 2.67 bits per heavy atom. The first kappa shape index (κ1) is 13.2. The predicted octanol–water partition coefficient (Wildman–Crippen LogP) is 3.53. The van der Waals surface area contributed by atoms with E-state index in [9.17, 15) is 0 Å². The number of nitrogens with one attached hydrogen (secondary N) is 1. The molecule has 1 aromatic rings. The Kier molecular flexibility index (Phi) is 4.85. The molecular formula is C15H25N3. The topological polar surface area (TPSA) is 28.2 Å². The van der Waals surface area contributed by atoms with Crippen LogP contribution in [0.5, 0.6) is 0 Å². The van der Waals surface area contributed by atoms with Crippen molar-refractivity contribution >= 4 is 11.5 Å². The van der Waals surface area contributed by atoms with Crippen LogP contribution < -0.4 is 10.2 Å². The fourth-order valence-electron chi connectivity index (χ4n) is 2.55. The van der Waals surface area contributed by atoms with Crippen molar-refractivity contribution in [2.45, 2.75) is 39.5 Å². The van der Waals surface area contributed by atoms with Crippen LogP contribution in [0.1, 0.15) is 39.5 Å². The summed E-state index contributed by atoms with van der Waals surface area (Å²) in [5, 5.41) is 3.59. The second-order valence-electron chi connectivity index (χ2n) is 5.13. The maximum Gasteiger partial charge on any atom is 0.151 e. The zero-order chi connectivity index (χ0) is 12.8. The highest BCUT2D eigenvalue weighted by molar-refractivity contribution is 5.65. The van der Waals surface area contributed by atoms with E-state index in [0.717, 1.165) is 31.4 Å². The normalized spacial score (nSPS) is 15.4. The number of anilines is 2. The van der Waals surface area contributed by atoms with Crippen molar-refractivity contribution in [3.8, 4) is 0 Å². The molecule has 0 unspecified atom stereocenters. The Morgan fingerprint density at radius 2 is 2.00 bits per heavy atom. The molecule has 1 fully saturated rings. The molecule has 0 amide bonds. The summed E-state index contributed by atoms with van der Waals surface area (Å²) in [5.41, 5.74) is 1.20. The molecule has 1 saturated heterocycles. The average molecular weight is 247 g/mol. The number of nitrogens with zero attached hydrogens (tertiary/aromatic N) is 2. The molecule has 18 heavy (non-hydrogen) atoms. The van der Waals surface area contributed by atoms with Crippen molar-refractivity contribution in [3.05, 3.63) is 18.3 Å². The van der Waals surface area contributed by atoms with Gasteiger partial charge in [0.05, 0.1) is 5.69 Å². The maximum absolute atomic E-state index is 4.55. The van der Waals surface area contributed by atoms with Gasteiger partial charge in [-0.15, -0.1) is 0 Å². The molecule has 0 aliphatic carbocycles. The number of aromatic nitrogens is 1. The molecular weight excluding hydrogens is 222 g/mol. The van der Waals surface area contributed by atoms with E-state index >= 15 is 0 Å². The summed E-state index contributed by atoms with van der Waals surface area (Å²) in [7, 11) is 0. The molecule has 0 aromatic carbocycles. The molecule has 0 bridgehead atoms. The summed E-state index contributed by atoms with van der Waals surface area (Å²) < 4.78 is 0. The molecule has 3 heteroatoms. The summed E-state index contributed by atoms with van der Waals surface area (Å²) in [4.78, 5) is 6.95. The largest absolute Gasteiger partial charge is 0.382 e. The van der Waals surface area contributed by atoms with E-state index in [1.165, 1.54) is 31.4 Å². The van der Waals surface area contributed by atoms with Crippen LogP contribution in [0.3, 0.4) is 0 Å². The highest BCUT2D eigenvalue weighted by atomic mass is 15.2. The van der Waals surface area contributed by atoms with E-state index < -0.39 is 0 Å². The zero-order valence-corrected chi connectivity index (χ0v) is 11.7. The monoisotopic (exact) mass is 247 g/mol. The lowest BCUT2D eigenvalue weighted by molar-refractivity contribution is 0.519. The van der Waals surface area contributed by atoms with Crippen molar-refractivity contribution < 1.29 is 0 Å². The van der Waals surface area contributed by atoms with Crippen LogP contribution in [0, 0.1) is 5.92 Å². The third-order valence-corrected chi connectivity index (χ3v) is 3.93. The molecule has 0 spiro atoms. The van der Waals surface area contributed by atoms with Gasteiger partial charge in [-0.05, 0) is 30.9 Å². The number of pyridine rings is 1. The van der Waals surface area contributed by atoms with Crippen molar-refractivity contribution in [1.29, 1.82) is 0 Å². The fourth-order valence-corrected chi connectivity index (χ4v) is 2.55. The van der Waals surface area contributed by atoms with Gasteiger partial charge in [0.2, 0.25) is 0 Å². The van der Waals surface area contributed by atoms with Gasteiger partial charge in [0.15, 0.2) is 5.82 Å². The van der Waals surface area contributed by atoms with E-state index in [4.69, 9.17) is 0 Å². The standard InChI is InChI=1S/C15H25N3/c1-3-13(4-2)12-17-14-8-7-9-16-15(14)18-10-5-6-11-18/h7-9,13,17H,3-6,10-12H2,1-2H3. The quantitative estimate of drug-likeness (QED) is 0.833. The van der Waals surface area contributed by atoms with E-state index in [-0.39, 0.29) is 0 Å². The van der Waals surface area contributed by atoms with E-state index in [1.807, 2.05) is 12.3 Å². The van der Waals surface area contributed by atoms with Crippen LogP contribution in [0.25, 0.3) is 0 Å². The first-order valence-electron chi connectivity index (χ1n) is 7.29. The third-order valence-electron chi connectivity index (χ3n) is 3.93. The number of hydrogen-bond donors (Lipinski definition) is 1. The van der Waals surface area contributed by atoms with Gasteiger partial charge in [0.1, 0.15) is 0 Å². The van der Waals surface area contributed by atoms with Crippen LogP contribution >= 0.6 is 0 Å². The van der Waals surface area contributed by atoms with E-state index in [1.54, 1.807) is 0 Å². The summed E-state index contributed by atoms with van der Waals surface area (Å²) in [6.45, 7) is 7.88. The van der Waals surface area contributed by atoms with Crippen molar-refractivity contribution in [2.75, 3.05) is 29.9 Å². The second-order valence-corrected chi connectivity index (χ2v) is 5.13. The maximum atomic E-state index is 4.55. The van der Waals surface area contributed by atoms with Crippen molar-refractivity contribution in [1.82, 2.24) is 4.98 Å². The van der Waals surface area contributed by atoms with Crippen LogP contribution in [0.4, 0.5) is 11.5 Å². The fraction of sp³-hybridized carbons (Fsp3) is 0.667. The van der Waals surface area contributed by atoms with Gasteiger partial charge in [-0.25, -0.2) is 4.98 Å². The smallest absolute Gasteiger partial charge is 0.151 e. The Balaban J connectivity index is 2.02.